The Hall–Kier alpha value is -2.76. The monoisotopic (exact) mass is 300 g/mol. The molecule has 2 rings (SSSR count). The molecule has 1 amide bonds. The summed E-state index contributed by atoms with van der Waals surface area (Å²) < 4.78 is 5.22. The molecule has 2 aromatic rings. The van der Waals surface area contributed by atoms with Gasteiger partial charge in [0, 0.05) is 17.6 Å². The number of hydrogen-bond donors (Lipinski definition) is 3. The van der Waals surface area contributed by atoms with Gasteiger partial charge in [0.1, 0.15) is 5.60 Å². The quantitative estimate of drug-likeness (QED) is 0.803. The van der Waals surface area contributed by atoms with Crippen molar-refractivity contribution in [1.29, 1.82) is 0 Å². The fourth-order valence-corrected chi connectivity index (χ4v) is 1.76. The van der Waals surface area contributed by atoms with Crippen LogP contribution in [0.3, 0.4) is 0 Å². The van der Waals surface area contributed by atoms with Gasteiger partial charge in [-0.2, -0.15) is 0 Å². The van der Waals surface area contributed by atoms with Gasteiger partial charge >= 0.3 is 6.09 Å². The van der Waals surface area contributed by atoms with Gasteiger partial charge in [-0.3, -0.25) is 5.32 Å². The van der Waals surface area contributed by atoms with Crippen molar-refractivity contribution in [3.63, 3.8) is 0 Å². The summed E-state index contributed by atoms with van der Waals surface area (Å²) in [4.78, 5) is 15.9. The molecule has 22 heavy (non-hydrogen) atoms. The molecular formula is C16H20N4O2. The standard InChI is InChI=1S/C16H20N4O2/c1-16(2,3)22-15(21)20-12-7-4-6-11(10-12)19-14-13(17)8-5-9-18-14/h4-10H,17H2,1-3H3,(H,18,19)(H,20,21). The van der Waals surface area contributed by atoms with E-state index >= 15 is 0 Å². The average molecular weight is 300 g/mol. The Morgan fingerprint density at radius 3 is 2.59 bits per heavy atom. The smallest absolute Gasteiger partial charge is 0.412 e. The van der Waals surface area contributed by atoms with E-state index in [9.17, 15) is 4.79 Å². The highest BCUT2D eigenvalue weighted by atomic mass is 16.6. The van der Waals surface area contributed by atoms with Gasteiger partial charge in [0.15, 0.2) is 5.82 Å². The van der Waals surface area contributed by atoms with Crippen molar-refractivity contribution in [1.82, 2.24) is 4.98 Å². The minimum absolute atomic E-state index is 0.498. The molecule has 0 aliphatic carbocycles. The Morgan fingerprint density at radius 2 is 1.91 bits per heavy atom. The van der Waals surface area contributed by atoms with Gasteiger partial charge in [-0.1, -0.05) is 6.07 Å². The van der Waals surface area contributed by atoms with Crippen molar-refractivity contribution in [3.8, 4) is 0 Å². The predicted molar refractivity (Wildman–Crippen MR) is 88.2 cm³/mol. The van der Waals surface area contributed by atoms with E-state index in [1.54, 1.807) is 30.5 Å². The number of benzene rings is 1. The van der Waals surface area contributed by atoms with Crippen LogP contribution in [0.15, 0.2) is 42.6 Å². The molecule has 6 nitrogen and oxygen atoms in total. The van der Waals surface area contributed by atoms with E-state index in [1.807, 2.05) is 32.9 Å². The second kappa shape index (κ2) is 6.34. The molecule has 6 heteroatoms. The first-order chi connectivity index (χ1) is 10.3. The third-order valence-electron chi connectivity index (χ3n) is 2.61. The molecule has 4 N–H and O–H groups in total. The molecule has 0 atom stereocenters. The first-order valence-corrected chi connectivity index (χ1v) is 6.91. The van der Waals surface area contributed by atoms with E-state index in [4.69, 9.17) is 10.5 Å². The largest absolute Gasteiger partial charge is 0.444 e. The molecule has 0 aliphatic rings. The Labute approximate surface area is 129 Å². The second-order valence-corrected chi connectivity index (χ2v) is 5.77. The van der Waals surface area contributed by atoms with Gasteiger partial charge in [0.25, 0.3) is 0 Å². The fourth-order valence-electron chi connectivity index (χ4n) is 1.76. The average Bonchev–Trinajstić information content (AvgIpc) is 2.39. The summed E-state index contributed by atoms with van der Waals surface area (Å²) in [6.07, 6.45) is 1.16. The first kappa shape index (κ1) is 15.6. The van der Waals surface area contributed by atoms with Crippen molar-refractivity contribution in [2.45, 2.75) is 26.4 Å². The van der Waals surface area contributed by atoms with E-state index in [-0.39, 0.29) is 0 Å². The number of nitrogens with one attached hydrogen (secondary N) is 2. The van der Waals surface area contributed by atoms with Crippen molar-refractivity contribution in [3.05, 3.63) is 42.6 Å². The first-order valence-electron chi connectivity index (χ1n) is 6.91. The highest BCUT2D eigenvalue weighted by molar-refractivity contribution is 5.86. The van der Waals surface area contributed by atoms with Crippen LogP contribution in [0, 0.1) is 0 Å². The number of anilines is 4. The lowest BCUT2D eigenvalue weighted by molar-refractivity contribution is 0.0636. The molecular weight excluding hydrogens is 280 g/mol. The molecule has 0 spiro atoms. The molecule has 0 saturated carbocycles. The number of amides is 1. The molecule has 116 valence electrons. The van der Waals surface area contributed by atoms with E-state index in [2.05, 4.69) is 15.6 Å². The molecule has 0 aliphatic heterocycles. The third-order valence-corrected chi connectivity index (χ3v) is 2.61. The van der Waals surface area contributed by atoms with E-state index < -0.39 is 11.7 Å². The maximum atomic E-state index is 11.8. The molecule has 0 radical (unpaired) electrons. The van der Waals surface area contributed by atoms with Crippen molar-refractivity contribution in [2.24, 2.45) is 0 Å². The molecule has 0 saturated heterocycles. The van der Waals surface area contributed by atoms with Crippen molar-refractivity contribution >= 4 is 29.0 Å². The van der Waals surface area contributed by atoms with Crippen LogP contribution < -0.4 is 16.4 Å². The Morgan fingerprint density at radius 1 is 1.18 bits per heavy atom. The van der Waals surface area contributed by atoms with Crippen molar-refractivity contribution in [2.75, 3.05) is 16.4 Å². The number of pyridine rings is 1. The Bertz CT molecular complexity index is 665. The zero-order chi connectivity index (χ0) is 16.2. The van der Waals surface area contributed by atoms with E-state index in [0.29, 0.717) is 17.2 Å². The molecule has 0 fully saturated rings. The summed E-state index contributed by atoms with van der Waals surface area (Å²) >= 11 is 0. The van der Waals surface area contributed by atoms with Crippen LogP contribution in [0.2, 0.25) is 0 Å². The van der Waals surface area contributed by atoms with Crippen molar-refractivity contribution < 1.29 is 9.53 Å². The van der Waals surface area contributed by atoms with Crippen LogP contribution in [0.25, 0.3) is 0 Å². The SMILES string of the molecule is CC(C)(C)OC(=O)Nc1cccc(Nc2ncccc2N)c1. The van der Waals surface area contributed by atoms with Crippen LogP contribution in [-0.2, 0) is 4.74 Å². The topological polar surface area (TPSA) is 89.3 Å². The summed E-state index contributed by atoms with van der Waals surface area (Å²) in [7, 11) is 0. The minimum atomic E-state index is -0.539. The highest BCUT2D eigenvalue weighted by Crippen LogP contribution is 2.22. The second-order valence-electron chi connectivity index (χ2n) is 5.77. The maximum absolute atomic E-state index is 11.8. The zero-order valence-electron chi connectivity index (χ0n) is 12.9. The zero-order valence-corrected chi connectivity index (χ0v) is 12.9. The Kier molecular flexibility index (Phi) is 4.50. The van der Waals surface area contributed by atoms with Crippen LogP contribution in [0.4, 0.5) is 27.7 Å². The number of rotatable bonds is 3. The number of carbonyl (C=O) groups excluding carboxylic acids is 1. The van der Waals surface area contributed by atoms with Crippen LogP contribution in [-0.4, -0.2) is 16.7 Å². The number of ether oxygens (including phenoxy) is 1. The number of carbonyl (C=O) groups is 1. The number of hydrogen-bond acceptors (Lipinski definition) is 5. The van der Waals surface area contributed by atoms with E-state index in [1.165, 1.54) is 0 Å². The number of nitrogen functional groups attached to an aromatic ring is 1. The minimum Gasteiger partial charge on any atom is -0.444 e. The summed E-state index contributed by atoms with van der Waals surface area (Å²) in [6, 6.07) is 10.7. The number of aromatic nitrogens is 1. The van der Waals surface area contributed by atoms with Gasteiger partial charge in [0.2, 0.25) is 0 Å². The van der Waals surface area contributed by atoms with Gasteiger partial charge in [-0.15, -0.1) is 0 Å². The lowest BCUT2D eigenvalue weighted by atomic mass is 10.2. The molecule has 0 bridgehead atoms. The van der Waals surface area contributed by atoms with Crippen LogP contribution in [0.5, 0.6) is 0 Å². The molecule has 1 heterocycles. The highest BCUT2D eigenvalue weighted by Gasteiger charge is 2.16. The van der Waals surface area contributed by atoms with Gasteiger partial charge in [-0.05, 0) is 51.1 Å². The van der Waals surface area contributed by atoms with Gasteiger partial charge in [0.05, 0.1) is 5.69 Å². The third kappa shape index (κ3) is 4.66. The van der Waals surface area contributed by atoms with Crippen LogP contribution >= 0.6 is 0 Å². The maximum Gasteiger partial charge on any atom is 0.412 e. The summed E-state index contributed by atoms with van der Waals surface area (Å²) in [5.74, 6) is 0.567. The predicted octanol–water partition coefficient (Wildman–Crippen LogP) is 3.75. The normalized spacial score (nSPS) is 10.9. The summed E-state index contributed by atoms with van der Waals surface area (Å²) in [6.45, 7) is 5.44. The van der Waals surface area contributed by atoms with Gasteiger partial charge in [-0.25, -0.2) is 9.78 Å². The number of nitrogens with zero attached hydrogens (tertiary/aromatic N) is 1. The van der Waals surface area contributed by atoms with Crippen LogP contribution in [0.1, 0.15) is 20.8 Å². The van der Waals surface area contributed by atoms with Gasteiger partial charge < -0.3 is 15.8 Å². The molecule has 0 unspecified atom stereocenters. The van der Waals surface area contributed by atoms with E-state index in [0.717, 1.165) is 5.69 Å². The lowest BCUT2D eigenvalue weighted by Crippen LogP contribution is -2.27. The number of nitrogens with two attached hydrogens (primary N) is 1. The Balaban J connectivity index is 2.07. The summed E-state index contributed by atoms with van der Waals surface area (Å²) in [5.41, 5.74) is 7.23. The lowest BCUT2D eigenvalue weighted by Gasteiger charge is -2.19. The molecule has 1 aromatic carbocycles. The molecule has 1 aromatic heterocycles. The fraction of sp³-hybridized carbons (Fsp3) is 0.250. The summed E-state index contributed by atoms with van der Waals surface area (Å²) in [5, 5.41) is 5.79.